The molecule has 1 amide bonds. The monoisotopic (exact) mass is 436 g/mol. The number of halogens is 1. The van der Waals surface area contributed by atoms with Crippen LogP contribution in [0.25, 0.3) is 0 Å². The molecule has 0 bridgehead atoms. The number of amides is 1. The number of fused-ring (bicyclic) bond motifs is 1. The summed E-state index contributed by atoms with van der Waals surface area (Å²) in [5, 5.41) is 3.28. The molecule has 4 rings (SSSR count). The zero-order valence-corrected chi connectivity index (χ0v) is 17.2. The number of hydrogen-bond donors (Lipinski definition) is 1. The molecule has 2 aliphatic rings. The molecule has 1 fully saturated rings. The Labute approximate surface area is 174 Å². The zero-order valence-electron chi connectivity index (χ0n) is 15.6. The number of rotatable bonds is 4. The standard InChI is InChI=1S/C20H21ClN2O5S/c21-14-4-7-16(8-5-14)29(25,26)23-10-2-1-3-17(23)20(24)22-15-6-9-18-19(13-15)28-12-11-27-18/h4-9,13,17H,1-3,10-12H2,(H,22,24)/t17-/m0/s1. The number of piperidine rings is 1. The zero-order chi connectivity index (χ0) is 20.4. The Balaban J connectivity index is 1.55. The van der Waals surface area contributed by atoms with Gasteiger partial charge in [-0.3, -0.25) is 4.79 Å². The molecule has 0 unspecified atom stereocenters. The van der Waals surface area contributed by atoms with Crippen molar-refractivity contribution in [1.29, 1.82) is 0 Å². The van der Waals surface area contributed by atoms with Gasteiger partial charge in [0, 0.05) is 23.3 Å². The van der Waals surface area contributed by atoms with Crippen LogP contribution in [0.3, 0.4) is 0 Å². The summed E-state index contributed by atoms with van der Waals surface area (Å²) in [5.41, 5.74) is 0.536. The molecule has 29 heavy (non-hydrogen) atoms. The minimum atomic E-state index is -3.81. The highest BCUT2D eigenvalue weighted by Gasteiger charge is 2.37. The molecule has 2 aromatic carbocycles. The topological polar surface area (TPSA) is 84.9 Å². The quantitative estimate of drug-likeness (QED) is 0.794. The van der Waals surface area contributed by atoms with E-state index in [2.05, 4.69) is 5.32 Å². The minimum Gasteiger partial charge on any atom is -0.486 e. The number of benzene rings is 2. The van der Waals surface area contributed by atoms with Gasteiger partial charge in [0.05, 0.1) is 4.90 Å². The van der Waals surface area contributed by atoms with E-state index in [1.54, 1.807) is 18.2 Å². The fraction of sp³-hybridized carbons (Fsp3) is 0.350. The summed E-state index contributed by atoms with van der Waals surface area (Å²) in [6.07, 6.45) is 1.95. The molecule has 0 aromatic heterocycles. The molecule has 154 valence electrons. The summed E-state index contributed by atoms with van der Waals surface area (Å²) in [6, 6.07) is 10.3. The fourth-order valence-corrected chi connectivity index (χ4v) is 5.33. The Morgan fingerprint density at radius 3 is 2.52 bits per heavy atom. The molecule has 0 aliphatic carbocycles. The largest absolute Gasteiger partial charge is 0.486 e. The third-order valence-corrected chi connectivity index (χ3v) is 7.16. The molecular formula is C20H21ClN2O5S. The summed E-state index contributed by atoms with van der Waals surface area (Å²) < 4.78 is 38.6. The van der Waals surface area contributed by atoms with Gasteiger partial charge in [0.25, 0.3) is 0 Å². The van der Waals surface area contributed by atoms with Crippen LogP contribution in [-0.4, -0.2) is 44.4 Å². The number of carbonyl (C=O) groups excluding carboxylic acids is 1. The van der Waals surface area contributed by atoms with Crippen molar-refractivity contribution in [3.8, 4) is 11.5 Å². The van der Waals surface area contributed by atoms with E-state index in [4.69, 9.17) is 21.1 Å². The third kappa shape index (κ3) is 4.19. The lowest BCUT2D eigenvalue weighted by Crippen LogP contribution is -2.49. The summed E-state index contributed by atoms with van der Waals surface area (Å²) >= 11 is 5.88. The van der Waals surface area contributed by atoms with E-state index in [0.29, 0.717) is 54.8 Å². The molecule has 7 nitrogen and oxygen atoms in total. The van der Waals surface area contributed by atoms with E-state index in [1.165, 1.54) is 28.6 Å². The minimum absolute atomic E-state index is 0.126. The van der Waals surface area contributed by atoms with Crippen LogP contribution >= 0.6 is 11.6 Å². The van der Waals surface area contributed by atoms with Gasteiger partial charge in [0.1, 0.15) is 19.3 Å². The average Bonchev–Trinajstić information content (AvgIpc) is 2.74. The van der Waals surface area contributed by atoms with Gasteiger partial charge in [-0.25, -0.2) is 8.42 Å². The van der Waals surface area contributed by atoms with Crippen LogP contribution in [0.4, 0.5) is 5.69 Å². The third-order valence-electron chi connectivity index (χ3n) is 4.99. The highest BCUT2D eigenvalue weighted by molar-refractivity contribution is 7.89. The van der Waals surface area contributed by atoms with Crippen molar-refractivity contribution in [2.45, 2.75) is 30.2 Å². The SMILES string of the molecule is O=C(Nc1ccc2c(c1)OCCO2)[C@@H]1CCCCN1S(=O)(=O)c1ccc(Cl)cc1. The summed E-state index contributed by atoms with van der Waals surface area (Å²) in [6.45, 7) is 1.22. The normalized spacial score (nSPS) is 19.6. The molecule has 2 aliphatic heterocycles. The molecule has 2 heterocycles. The summed E-state index contributed by atoms with van der Waals surface area (Å²) in [7, 11) is -3.81. The van der Waals surface area contributed by atoms with Crippen molar-refractivity contribution in [2.24, 2.45) is 0 Å². The van der Waals surface area contributed by atoms with Crippen molar-refractivity contribution in [3.63, 3.8) is 0 Å². The number of ether oxygens (including phenoxy) is 2. The molecule has 1 N–H and O–H groups in total. The lowest BCUT2D eigenvalue weighted by Gasteiger charge is -2.33. The Bertz CT molecular complexity index is 1010. The van der Waals surface area contributed by atoms with Crippen molar-refractivity contribution in [1.82, 2.24) is 4.31 Å². The molecule has 1 atom stereocenters. The van der Waals surface area contributed by atoms with E-state index in [0.717, 1.165) is 6.42 Å². The second-order valence-electron chi connectivity index (χ2n) is 6.93. The first-order valence-electron chi connectivity index (χ1n) is 9.43. The average molecular weight is 437 g/mol. The van der Waals surface area contributed by atoms with Gasteiger partial charge in [0.2, 0.25) is 15.9 Å². The maximum Gasteiger partial charge on any atom is 0.243 e. The lowest BCUT2D eigenvalue weighted by molar-refractivity contribution is -0.120. The molecule has 2 aromatic rings. The van der Waals surface area contributed by atoms with Gasteiger partial charge in [0.15, 0.2) is 11.5 Å². The van der Waals surface area contributed by atoms with Crippen LogP contribution < -0.4 is 14.8 Å². The maximum absolute atomic E-state index is 13.1. The van der Waals surface area contributed by atoms with Gasteiger partial charge < -0.3 is 14.8 Å². The number of sulfonamides is 1. The smallest absolute Gasteiger partial charge is 0.243 e. The number of nitrogens with zero attached hydrogens (tertiary/aromatic N) is 1. The first-order valence-corrected chi connectivity index (χ1v) is 11.2. The number of nitrogens with one attached hydrogen (secondary N) is 1. The number of hydrogen-bond acceptors (Lipinski definition) is 5. The van der Waals surface area contributed by atoms with Crippen LogP contribution in [0.5, 0.6) is 11.5 Å². The van der Waals surface area contributed by atoms with Crippen molar-refractivity contribution < 1.29 is 22.7 Å². The van der Waals surface area contributed by atoms with E-state index >= 15 is 0 Å². The van der Waals surface area contributed by atoms with Gasteiger partial charge in [-0.05, 0) is 49.2 Å². The molecule has 0 spiro atoms. The van der Waals surface area contributed by atoms with E-state index in [-0.39, 0.29) is 10.8 Å². The molecule has 0 radical (unpaired) electrons. The second kappa shape index (κ2) is 8.22. The Hall–Kier alpha value is -2.29. The maximum atomic E-state index is 13.1. The molecular weight excluding hydrogens is 416 g/mol. The summed E-state index contributed by atoms with van der Waals surface area (Å²) in [5.74, 6) is 0.820. The lowest BCUT2D eigenvalue weighted by atomic mass is 10.0. The van der Waals surface area contributed by atoms with Crippen LogP contribution in [0.15, 0.2) is 47.4 Å². The molecule has 0 saturated carbocycles. The fourth-order valence-electron chi connectivity index (χ4n) is 3.54. The highest BCUT2D eigenvalue weighted by atomic mass is 35.5. The number of carbonyl (C=O) groups is 1. The van der Waals surface area contributed by atoms with Gasteiger partial charge in [-0.2, -0.15) is 4.31 Å². The second-order valence-corrected chi connectivity index (χ2v) is 9.26. The van der Waals surface area contributed by atoms with Crippen molar-refractivity contribution >= 4 is 33.2 Å². The summed E-state index contributed by atoms with van der Waals surface area (Å²) in [4.78, 5) is 13.1. The molecule has 1 saturated heterocycles. The van der Waals surface area contributed by atoms with Crippen molar-refractivity contribution in [2.75, 3.05) is 25.1 Å². The first kappa shape index (κ1) is 20.0. The van der Waals surface area contributed by atoms with E-state index < -0.39 is 16.1 Å². The van der Waals surface area contributed by atoms with Crippen LogP contribution in [0, 0.1) is 0 Å². The van der Waals surface area contributed by atoms with Gasteiger partial charge >= 0.3 is 0 Å². The highest BCUT2D eigenvalue weighted by Crippen LogP contribution is 2.33. The first-order chi connectivity index (χ1) is 13.9. The Kier molecular flexibility index (Phi) is 5.67. The Morgan fingerprint density at radius 1 is 1.03 bits per heavy atom. The van der Waals surface area contributed by atoms with E-state index in [9.17, 15) is 13.2 Å². The van der Waals surface area contributed by atoms with Crippen LogP contribution in [-0.2, 0) is 14.8 Å². The van der Waals surface area contributed by atoms with Crippen molar-refractivity contribution in [3.05, 3.63) is 47.5 Å². The predicted molar refractivity (Wildman–Crippen MR) is 109 cm³/mol. The van der Waals surface area contributed by atoms with E-state index in [1.807, 2.05) is 0 Å². The van der Waals surface area contributed by atoms with Crippen LogP contribution in [0.2, 0.25) is 5.02 Å². The number of anilines is 1. The van der Waals surface area contributed by atoms with Gasteiger partial charge in [-0.1, -0.05) is 18.0 Å². The molecule has 9 heteroatoms. The van der Waals surface area contributed by atoms with Gasteiger partial charge in [-0.15, -0.1) is 0 Å². The van der Waals surface area contributed by atoms with Crippen LogP contribution in [0.1, 0.15) is 19.3 Å². The predicted octanol–water partition coefficient (Wildman–Crippen LogP) is 3.29. The Morgan fingerprint density at radius 2 is 1.76 bits per heavy atom.